The highest BCUT2D eigenvalue weighted by atomic mass is 79.9. The third-order valence-corrected chi connectivity index (χ3v) is 3.34. The summed E-state index contributed by atoms with van der Waals surface area (Å²) in [5, 5.41) is 9.13. The van der Waals surface area contributed by atoms with Crippen LogP contribution in [0.25, 0.3) is 0 Å². The molecule has 0 saturated carbocycles. The van der Waals surface area contributed by atoms with Gasteiger partial charge < -0.3 is 14.7 Å². The fourth-order valence-corrected chi connectivity index (χ4v) is 2.29. The number of anilines is 1. The van der Waals surface area contributed by atoms with E-state index in [1.807, 2.05) is 12.1 Å². The van der Waals surface area contributed by atoms with Crippen molar-refractivity contribution in [3.63, 3.8) is 0 Å². The molecule has 1 N–H and O–H groups in total. The molecule has 88 valence electrons. The maximum absolute atomic E-state index is 9.13. The van der Waals surface area contributed by atoms with Crippen LogP contribution in [-0.2, 0) is 4.74 Å². The van der Waals surface area contributed by atoms with E-state index >= 15 is 0 Å². The van der Waals surface area contributed by atoms with Gasteiger partial charge >= 0.3 is 0 Å². The minimum atomic E-state index is -0.120. The van der Waals surface area contributed by atoms with Crippen molar-refractivity contribution < 1.29 is 9.84 Å². The monoisotopic (exact) mass is 286 g/mol. The van der Waals surface area contributed by atoms with Gasteiger partial charge in [-0.15, -0.1) is 0 Å². The van der Waals surface area contributed by atoms with Crippen molar-refractivity contribution >= 4 is 21.7 Å². The molecular weight excluding hydrogens is 272 g/mol. The van der Waals surface area contributed by atoms with Crippen LogP contribution in [-0.4, -0.2) is 42.0 Å². The normalized spacial score (nSPS) is 25.8. The van der Waals surface area contributed by atoms with Gasteiger partial charge in [-0.05, 0) is 35.0 Å². The lowest BCUT2D eigenvalue weighted by Gasteiger charge is -2.38. The fourth-order valence-electron chi connectivity index (χ4n) is 1.81. The highest BCUT2D eigenvalue weighted by molar-refractivity contribution is 9.10. The Bertz CT molecular complexity index is 362. The van der Waals surface area contributed by atoms with Crippen molar-refractivity contribution in [1.82, 2.24) is 4.98 Å². The summed E-state index contributed by atoms with van der Waals surface area (Å²) in [4.78, 5) is 6.52. The van der Waals surface area contributed by atoms with E-state index in [1.54, 1.807) is 6.20 Å². The number of morpholine rings is 1. The largest absolute Gasteiger partial charge is 0.394 e. The molecule has 0 aromatic carbocycles. The van der Waals surface area contributed by atoms with Crippen LogP contribution >= 0.6 is 15.9 Å². The highest BCUT2D eigenvalue weighted by Gasteiger charge is 2.27. The quantitative estimate of drug-likeness (QED) is 0.894. The van der Waals surface area contributed by atoms with Crippen molar-refractivity contribution in [3.8, 4) is 0 Å². The van der Waals surface area contributed by atoms with Crippen LogP contribution in [0.5, 0.6) is 0 Å². The standard InChI is InChI=1S/C11H15BrN2O2/c1-8-7-16-9(6-15)5-14(8)11-10(12)3-2-4-13-11/h2-4,8-9,15H,5-7H2,1H3. The number of aliphatic hydroxyl groups excluding tert-OH is 1. The van der Waals surface area contributed by atoms with Crippen molar-refractivity contribution in [2.75, 3.05) is 24.7 Å². The third kappa shape index (κ3) is 2.36. The second-order valence-corrected chi connectivity index (χ2v) is 4.80. The zero-order valence-corrected chi connectivity index (χ0v) is 10.7. The lowest BCUT2D eigenvalue weighted by atomic mass is 10.2. The number of pyridine rings is 1. The highest BCUT2D eigenvalue weighted by Crippen LogP contribution is 2.27. The van der Waals surface area contributed by atoms with Gasteiger partial charge in [0.2, 0.25) is 0 Å². The van der Waals surface area contributed by atoms with E-state index in [4.69, 9.17) is 9.84 Å². The summed E-state index contributed by atoms with van der Waals surface area (Å²) in [5.74, 6) is 0.914. The number of nitrogens with zero attached hydrogens (tertiary/aromatic N) is 2. The number of rotatable bonds is 2. The zero-order valence-electron chi connectivity index (χ0n) is 9.14. The number of hydrogen-bond acceptors (Lipinski definition) is 4. The van der Waals surface area contributed by atoms with Crippen molar-refractivity contribution in [2.24, 2.45) is 0 Å². The summed E-state index contributed by atoms with van der Waals surface area (Å²) in [5.41, 5.74) is 0. The molecule has 1 aliphatic heterocycles. The van der Waals surface area contributed by atoms with Crippen molar-refractivity contribution in [3.05, 3.63) is 22.8 Å². The van der Waals surface area contributed by atoms with E-state index in [2.05, 4.69) is 32.7 Å². The lowest BCUT2D eigenvalue weighted by Crippen LogP contribution is -2.50. The van der Waals surface area contributed by atoms with Crippen LogP contribution in [0.4, 0.5) is 5.82 Å². The van der Waals surface area contributed by atoms with Crippen LogP contribution in [0.2, 0.25) is 0 Å². The van der Waals surface area contributed by atoms with Gasteiger partial charge in [0.05, 0.1) is 29.8 Å². The number of ether oxygens (including phenoxy) is 1. The third-order valence-electron chi connectivity index (χ3n) is 2.72. The van der Waals surface area contributed by atoms with E-state index in [1.165, 1.54) is 0 Å². The first-order valence-corrected chi connectivity index (χ1v) is 6.11. The molecule has 5 heteroatoms. The summed E-state index contributed by atoms with van der Waals surface area (Å²) >= 11 is 3.49. The molecule has 1 aromatic heterocycles. The smallest absolute Gasteiger partial charge is 0.143 e. The molecule has 1 saturated heterocycles. The molecule has 1 aromatic rings. The summed E-state index contributed by atoms with van der Waals surface area (Å²) in [6.45, 7) is 3.43. The Morgan fingerprint density at radius 2 is 2.50 bits per heavy atom. The Kier molecular flexibility index (Phi) is 3.78. The van der Waals surface area contributed by atoms with Gasteiger partial charge in [-0.25, -0.2) is 4.98 Å². The van der Waals surface area contributed by atoms with Gasteiger partial charge in [-0.2, -0.15) is 0 Å². The Balaban J connectivity index is 2.21. The maximum Gasteiger partial charge on any atom is 0.143 e. The summed E-state index contributed by atoms with van der Waals surface area (Å²) < 4.78 is 6.47. The second kappa shape index (κ2) is 5.12. The predicted molar refractivity (Wildman–Crippen MR) is 65.6 cm³/mol. The molecule has 16 heavy (non-hydrogen) atoms. The molecule has 2 atom stereocenters. The van der Waals surface area contributed by atoms with Gasteiger partial charge in [0.15, 0.2) is 0 Å². The average molecular weight is 287 g/mol. The minimum Gasteiger partial charge on any atom is -0.394 e. The number of hydrogen-bond donors (Lipinski definition) is 1. The summed E-state index contributed by atoms with van der Waals surface area (Å²) in [6, 6.07) is 4.13. The second-order valence-electron chi connectivity index (χ2n) is 3.95. The zero-order chi connectivity index (χ0) is 11.5. The van der Waals surface area contributed by atoms with Crippen molar-refractivity contribution in [1.29, 1.82) is 0 Å². The molecule has 4 nitrogen and oxygen atoms in total. The summed E-state index contributed by atoms with van der Waals surface area (Å²) in [7, 11) is 0. The summed E-state index contributed by atoms with van der Waals surface area (Å²) in [6.07, 6.45) is 1.65. The Morgan fingerprint density at radius 3 is 3.19 bits per heavy atom. The molecule has 0 radical (unpaired) electrons. The minimum absolute atomic E-state index is 0.0493. The Morgan fingerprint density at radius 1 is 1.69 bits per heavy atom. The van der Waals surface area contributed by atoms with Crippen LogP contribution in [0.3, 0.4) is 0 Å². The Labute approximate surface area is 103 Å². The molecule has 0 bridgehead atoms. The first-order chi connectivity index (χ1) is 7.72. The van der Waals surface area contributed by atoms with Crippen LogP contribution < -0.4 is 4.90 Å². The first-order valence-electron chi connectivity index (χ1n) is 5.32. The molecule has 1 fully saturated rings. The number of aliphatic hydroxyl groups is 1. The maximum atomic E-state index is 9.13. The topological polar surface area (TPSA) is 45.6 Å². The van der Waals surface area contributed by atoms with Crippen LogP contribution in [0, 0.1) is 0 Å². The van der Waals surface area contributed by atoms with Gasteiger partial charge in [-0.1, -0.05) is 0 Å². The SMILES string of the molecule is CC1COC(CO)CN1c1ncccc1Br. The molecule has 0 spiro atoms. The molecule has 1 aliphatic rings. The van der Waals surface area contributed by atoms with E-state index < -0.39 is 0 Å². The number of halogens is 1. The van der Waals surface area contributed by atoms with E-state index in [0.29, 0.717) is 13.2 Å². The van der Waals surface area contributed by atoms with Crippen LogP contribution in [0.15, 0.2) is 22.8 Å². The molecule has 0 aliphatic carbocycles. The van der Waals surface area contributed by atoms with Crippen LogP contribution in [0.1, 0.15) is 6.92 Å². The van der Waals surface area contributed by atoms with E-state index in [9.17, 15) is 0 Å². The predicted octanol–water partition coefficient (Wildman–Crippen LogP) is 1.43. The van der Waals surface area contributed by atoms with Gasteiger partial charge in [0, 0.05) is 12.7 Å². The molecule has 2 unspecified atom stereocenters. The Hall–Kier alpha value is -0.650. The lowest BCUT2D eigenvalue weighted by molar-refractivity contribution is -0.0106. The first kappa shape index (κ1) is 11.8. The molecular formula is C11H15BrN2O2. The molecule has 2 rings (SSSR count). The van der Waals surface area contributed by atoms with Gasteiger partial charge in [0.25, 0.3) is 0 Å². The fraction of sp³-hybridized carbons (Fsp3) is 0.545. The van der Waals surface area contributed by atoms with Gasteiger partial charge in [0.1, 0.15) is 5.82 Å². The van der Waals surface area contributed by atoms with E-state index in [0.717, 1.165) is 10.3 Å². The number of aromatic nitrogens is 1. The van der Waals surface area contributed by atoms with Gasteiger partial charge in [-0.3, -0.25) is 0 Å². The van der Waals surface area contributed by atoms with Crippen molar-refractivity contribution in [2.45, 2.75) is 19.1 Å². The average Bonchev–Trinajstić information content (AvgIpc) is 2.31. The molecule has 0 amide bonds. The van der Waals surface area contributed by atoms with E-state index in [-0.39, 0.29) is 18.8 Å². The molecule has 2 heterocycles.